The van der Waals surface area contributed by atoms with Gasteiger partial charge in [-0.1, -0.05) is 0 Å². The van der Waals surface area contributed by atoms with Gasteiger partial charge in [-0.15, -0.1) is 11.3 Å². The second kappa shape index (κ2) is 8.39. The number of benzene rings is 1. The summed E-state index contributed by atoms with van der Waals surface area (Å²) in [6, 6.07) is 8.69. The van der Waals surface area contributed by atoms with Crippen molar-refractivity contribution < 1.29 is 23.5 Å². The molecule has 132 valence electrons. The molecule has 0 bridgehead atoms. The van der Waals surface area contributed by atoms with Gasteiger partial charge in [0.15, 0.2) is 6.61 Å². The van der Waals surface area contributed by atoms with Crippen LogP contribution in [0.3, 0.4) is 0 Å². The van der Waals surface area contributed by atoms with Crippen molar-refractivity contribution in [1.82, 2.24) is 4.90 Å². The molecular weight excluding hydrogens is 347 g/mol. The Kier molecular flexibility index (Phi) is 6.24. The van der Waals surface area contributed by atoms with Crippen LogP contribution in [-0.2, 0) is 14.3 Å². The van der Waals surface area contributed by atoms with Crippen LogP contribution in [0.4, 0.5) is 10.1 Å². The number of esters is 1. The number of aryl methyl sites for hydroxylation is 1. The molecule has 8 heteroatoms. The van der Waals surface area contributed by atoms with E-state index in [2.05, 4.69) is 5.32 Å². The zero-order valence-corrected chi connectivity index (χ0v) is 14.6. The van der Waals surface area contributed by atoms with Crippen molar-refractivity contribution in [2.45, 2.75) is 6.92 Å². The molecule has 1 aromatic carbocycles. The molecule has 1 N–H and O–H groups in total. The van der Waals surface area contributed by atoms with Crippen LogP contribution in [0.2, 0.25) is 0 Å². The smallest absolute Gasteiger partial charge is 0.348 e. The van der Waals surface area contributed by atoms with Crippen LogP contribution in [0, 0.1) is 12.7 Å². The number of thiophene rings is 1. The Bertz CT molecular complexity index is 773. The summed E-state index contributed by atoms with van der Waals surface area (Å²) in [6.45, 7) is 1.20. The molecule has 2 aromatic rings. The lowest BCUT2D eigenvalue weighted by Gasteiger charge is -2.16. The van der Waals surface area contributed by atoms with E-state index >= 15 is 0 Å². The third-order valence-corrected chi connectivity index (χ3v) is 4.18. The van der Waals surface area contributed by atoms with E-state index in [1.165, 1.54) is 42.6 Å². The number of nitrogens with one attached hydrogen (secondary N) is 1. The van der Waals surface area contributed by atoms with E-state index in [-0.39, 0.29) is 6.54 Å². The number of hydrogen-bond donors (Lipinski definition) is 1. The molecule has 0 atom stereocenters. The molecular formula is C17H17FN2O4S. The Morgan fingerprint density at radius 2 is 1.84 bits per heavy atom. The van der Waals surface area contributed by atoms with E-state index in [1.54, 1.807) is 12.1 Å². The van der Waals surface area contributed by atoms with Gasteiger partial charge in [0.05, 0.1) is 6.54 Å². The number of carbonyl (C=O) groups excluding carboxylic acids is 3. The van der Waals surface area contributed by atoms with Gasteiger partial charge in [-0.25, -0.2) is 9.18 Å². The maximum atomic E-state index is 12.8. The summed E-state index contributed by atoms with van der Waals surface area (Å²) in [7, 11) is 1.43. The third kappa shape index (κ3) is 5.68. The second-order valence-electron chi connectivity index (χ2n) is 5.29. The molecule has 0 radical (unpaired) electrons. The highest BCUT2D eigenvalue weighted by Gasteiger charge is 2.16. The lowest BCUT2D eigenvalue weighted by atomic mass is 10.3. The minimum absolute atomic E-state index is 0.216. The van der Waals surface area contributed by atoms with E-state index in [0.717, 1.165) is 9.78 Å². The van der Waals surface area contributed by atoms with E-state index in [4.69, 9.17) is 4.74 Å². The largest absolute Gasteiger partial charge is 0.451 e. The maximum Gasteiger partial charge on any atom is 0.348 e. The molecule has 6 nitrogen and oxygen atoms in total. The van der Waals surface area contributed by atoms with E-state index in [9.17, 15) is 18.8 Å². The van der Waals surface area contributed by atoms with Crippen molar-refractivity contribution in [1.29, 1.82) is 0 Å². The van der Waals surface area contributed by atoms with Crippen molar-refractivity contribution in [3.63, 3.8) is 0 Å². The normalized spacial score (nSPS) is 10.2. The number of amides is 2. The predicted octanol–water partition coefficient (Wildman–Crippen LogP) is 2.45. The predicted molar refractivity (Wildman–Crippen MR) is 92.0 cm³/mol. The number of carbonyl (C=O) groups is 3. The number of nitrogens with zero attached hydrogens (tertiary/aromatic N) is 1. The number of hydrogen-bond acceptors (Lipinski definition) is 5. The molecule has 0 aliphatic rings. The van der Waals surface area contributed by atoms with Gasteiger partial charge in [0.1, 0.15) is 10.7 Å². The van der Waals surface area contributed by atoms with Gasteiger partial charge in [0.25, 0.3) is 5.91 Å². The fourth-order valence-corrected chi connectivity index (χ4v) is 2.65. The lowest BCUT2D eigenvalue weighted by Crippen LogP contribution is -2.37. The number of anilines is 1. The van der Waals surface area contributed by atoms with E-state index in [1.807, 2.05) is 6.92 Å². The Morgan fingerprint density at radius 3 is 2.44 bits per heavy atom. The van der Waals surface area contributed by atoms with Crippen molar-refractivity contribution in [2.24, 2.45) is 0 Å². The maximum absolute atomic E-state index is 12.8. The van der Waals surface area contributed by atoms with Crippen molar-refractivity contribution >= 4 is 34.8 Å². The van der Waals surface area contributed by atoms with Gasteiger partial charge in [0, 0.05) is 17.6 Å². The SMILES string of the molecule is Cc1ccc(C(=O)OCC(=O)N(C)CC(=O)Nc2ccc(F)cc2)s1. The number of halogens is 1. The highest BCUT2D eigenvalue weighted by molar-refractivity contribution is 7.13. The van der Waals surface area contributed by atoms with Crippen LogP contribution < -0.4 is 5.32 Å². The molecule has 0 fully saturated rings. The molecule has 25 heavy (non-hydrogen) atoms. The first-order valence-electron chi connectivity index (χ1n) is 7.38. The van der Waals surface area contributed by atoms with Gasteiger partial charge in [-0.05, 0) is 43.3 Å². The van der Waals surface area contributed by atoms with Gasteiger partial charge in [0.2, 0.25) is 5.91 Å². The first-order valence-corrected chi connectivity index (χ1v) is 8.20. The van der Waals surface area contributed by atoms with Crippen LogP contribution >= 0.6 is 11.3 Å². The van der Waals surface area contributed by atoms with Crippen molar-refractivity contribution in [3.8, 4) is 0 Å². The first-order chi connectivity index (χ1) is 11.8. The summed E-state index contributed by atoms with van der Waals surface area (Å²) >= 11 is 1.28. The zero-order valence-electron chi connectivity index (χ0n) is 13.7. The monoisotopic (exact) mass is 364 g/mol. The summed E-state index contributed by atoms with van der Waals surface area (Å²) in [5, 5.41) is 2.54. The van der Waals surface area contributed by atoms with Crippen molar-refractivity contribution in [3.05, 3.63) is 52.0 Å². The molecule has 2 amide bonds. The Labute approximate surface area is 148 Å². The number of ether oxygens (including phenoxy) is 1. The van der Waals surface area contributed by atoms with Crippen LogP contribution in [-0.4, -0.2) is 42.9 Å². The molecule has 0 saturated carbocycles. The quantitative estimate of drug-likeness (QED) is 0.799. The molecule has 0 unspecified atom stereocenters. The summed E-state index contributed by atoms with van der Waals surface area (Å²) in [5.41, 5.74) is 0.423. The summed E-state index contributed by atoms with van der Waals surface area (Å²) < 4.78 is 17.8. The van der Waals surface area contributed by atoms with Gasteiger partial charge in [-0.2, -0.15) is 0 Å². The number of rotatable bonds is 6. The van der Waals surface area contributed by atoms with Crippen LogP contribution in [0.5, 0.6) is 0 Å². The molecule has 0 saturated heterocycles. The summed E-state index contributed by atoms with van der Waals surface area (Å²) in [5.74, 6) is -1.93. The highest BCUT2D eigenvalue weighted by atomic mass is 32.1. The molecule has 0 aliphatic carbocycles. The minimum atomic E-state index is -0.574. The van der Waals surface area contributed by atoms with Crippen molar-refractivity contribution in [2.75, 3.05) is 25.5 Å². The van der Waals surface area contributed by atoms with Gasteiger partial charge >= 0.3 is 5.97 Å². The van der Waals surface area contributed by atoms with Gasteiger partial charge in [-0.3, -0.25) is 9.59 Å². The molecule has 2 rings (SSSR count). The average Bonchev–Trinajstić information content (AvgIpc) is 3.00. The minimum Gasteiger partial charge on any atom is -0.451 e. The lowest BCUT2D eigenvalue weighted by molar-refractivity contribution is -0.136. The zero-order chi connectivity index (χ0) is 18.4. The Morgan fingerprint density at radius 1 is 1.16 bits per heavy atom. The number of likely N-dealkylation sites (N-methyl/N-ethyl adjacent to an activating group) is 1. The second-order valence-corrected chi connectivity index (χ2v) is 6.58. The molecule has 1 heterocycles. The fourth-order valence-electron chi connectivity index (χ4n) is 1.89. The summed E-state index contributed by atoms with van der Waals surface area (Å²) in [6.07, 6.45) is 0. The van der Waals surface area contributed by atoms with E-state index < -0.39 is 30.2 Å². The topological polar surface area (TPSA) is 75.7 Å². The molecule has 0 aliphatic heterocycles. The fraction of sp³-hybridized carbons (Fsp3) is 0.235. The van der Waals surface area contributed by atoms with Crippen LogP contribution in [0.25, 0.3) is 0 Å². The highest BCUT2D eigenvalue weighted by Crippen LogP contribution is 2.16. The van der Waals surface area contributed by atoms with E-state index in [0.29, 0.717) is 10.6 Å². The first kappa shape index (κ1) is 18.6. The summed E-state index contributed by atoms with van der Waals surface area (Å²) in [4.78, 5) is 38.1. The Hall–Kier alpha value is -2.74. The van der Waals surface area contributed by atoms with Crippen LogP contribution in [0.15, 0.2) is 36.4 Å². The van der Waals surface area contributed by atoms with Crippen LogP contribution in [0.1, 0.15) is 14.5 Å². The third-order valence-electron chi connectivity index (χ3n) is 3.20. The average molecular weight is 364 g/mol. The molecule has 0 spiro atoms. The molecule has 1 aromatic heterocycles. The van der Waals surface area contributed by atoms with Gasteiger partial charge < -0.3 is 15.0 Å². The standard InChI is InChI=1S/C17H17FN2O4S/c1-11-3-8-14(25-11)17(23)24-10-16(22)20(2)9-15(21)19-13-6-4-12(18)5-7-13/h3-8H,9-10H2,1-2H3,(H,19,21). The Balaban J connectivity index is 1.78.